The highest BCUT2D eigenvalue weighted by atomic mass is 16.7. The van der Waals surface area contributed by atoms with Crippen LogP contribution >= 0.6 is 0 Å². The number of hydrogen-bond acceptors (Lipinski definition) is 8. The molecule has 0 aromatic heterocycles. The lowest BCUT2D eigenvalue weighted by atomic mass is 9.99. The Kier molecular flexibility index (Phi) is 5.85. The van der Waals surface area contributed by atoms with Gasteiger partial charge >= 0.3 is 0 Å². The van der Waals surface area contributed by atoms with E-state index in [9.17, 15) is 25.4 Å². The van der Waals surface area contributed by atoms with Crippen molar-refractivity contribution in [1.82, 2.24) is 0 Å². The van der Waals surface area contributed by atoms with Crippen molar-refractivity contribution >= 4 is 0 Å². The molecule has 1 fully saturated rings. The predicted molar refractivity (Wildman–Crippen MR) is 76.4 cm³/mol. The molecule has 0 saturated carbocycles. The van der Waals surface area contributed by atoms with Crippen molar-refractivity contribution in [2.75, 3.05) is 13.2 Å². The fourth-order valence-electron chi connectivity index (χ4n) is 2.25. The Balaban J connectivity index is 1.99. The minimum absolute atomic E-state index is 0.174. The van der Waals surface area contributed by atoms with Crippen molar-refractivity contribution in [2.24, 2.45) is 0 Å². The minimum atomic E-state index is -1.51. The molecule has 23 heavy (non-hydrogen) atoms. The van der Waals surface area contributed by atoms with Crippen LogP contribution in [0.5, 0.6) is 5.75 Å². The molecule has 9 heteroatoms. The zero-order valence-corrected chi connectivity index (χ0v) is 12.2. The van der Waals surface area contributed by atoms with E-state index >= 15 is 0 Å². The Morgan fingerprint density at radius 2 is 1.78 bits per heavy atom. The van der Waals surface area contributed by atoms with Crippen LogP contribution in [0, 0.1) is 10.1 Å². The molecular formula is C14H19NO8. The molecule has 1 aromatic rings. The maximum atomic E-state index is 10.3. The first-order chi connectivity index (χ1) is 10.9. The van der Waals surface area contributed by atoms with Crippen molar-refractivity contribution in [1.29, 1.82) is 0 Å². The van der Waals surface area contributed by atoms with Crippen molar-refractivity contribution in [3.63, 3.8) is 0 Å². The summed E-state index contributed by atoms with van der Waals surface area (Å²) in [4.78, 5) is 9.92. The molecule has 2 rings (SSSR count). The second-order valence-corrected chi connectivity index (χ2v) is 5.27. The number of rotatable bonds is 6. The van der Waals surface area contributed by atoms with Crippen molar-refractivity contribution in [3.8, 4) is 5.75 Å². The van der Waals surface area contributed by atoms with E-state index in [0.29, 0.717) is 5.75 Å². The summed E-state index contributed by atoms with van der Waals surface area (Å²) >= 11 is 0. The number of ether oxygens (including phenoxy) is 2. The molecule has 1 aromatic carbocycles. The van der Waals surface area contributed by atoms with E-state index in [1.54, 1.807) is 24.3 Å². The second kappa shape index (κ2) is 7.66. The molecule has 1 saturated heterocycles. The molecule has 1 aliphatic heterocycles. The number of aliphatic hydroxyl groups is 4. The molecule has 0 bridgehead atoms. The largest absolute Gasteiger partial charge is 0.462 e. The molecule has 0 spiro atoms. The number of nitrogens with zero attached hydrogens (tertiary/aromatic N) is 1. The van der Waals surface area contributed by atoms with Crippen LogP contribution in [0.3, 0.4) is 0 Å². The molecule has 1 heterocycles. The highest BCUT2D eigenvalue weighted by Gasteiger charge is 2.44. The van der Waals surface area contributed by atoms with Crippen LogP contribution in [0.25, 0.3) is 0 Å². The number of aliphatic hydroxyl groups excluding tert-OH is 4. The van der Waals surface area contributed by atoms with E-state index in [-0.39, 0.29) is 13.0 Å². The van der Waals surface area contributed by atoms with Crippen LogP contribution in [-0.2, 0) is 11.2 Å². The van der Waals surface area contributed by atoms with Crippen molar-refractivity contribution < 1.29 is 34.8 Å². The lowest BCUT2D eigenvalue weighted by molar-refractivity contribution is -0.479. The Hall–Kier alpha value is -1.78. The van der Waals surface area contributed by atoms with Gasteiger partial charge in [0.2, 0.25) is 12.8 Å². The second-order valence-electron chi connectivity index (χ2n) is 5.27. The van der Waals surface area contributed by atoms with Gasteiger partial charge in [0.25, 0.3) is 0 Å². The SMILES string of the molecule is O=[N+]([O-])CCc1ccc(O[C@@H]2O[C@H](CO)[C@@H](O)[C@H](O)[C@H]2O)cc1. The van der Waals surface area contributed by atoms with E-state index in [1.807, 2.05) is 0 Å². The van der Waals surface area contributed by atoms with Gasteiger partial charge in [-0.25, -0.2) is 0 Å². The average molecular weight is 329 g/mol. The van der Waals surface area contributed by atoms with Crippen LogP contribution in [-0.4, -0.2) is 69.2 Å². The zero-order valence-electron chi connectivity index (χ0n) is 12.2. The van der Waals surface area contributed by atoms with Crippen LogP contribution in [0.4, 0.5) is 0 Å². The molecule has 4 N–H and O–H groups in total. The van der Waals surface area contributed by atoms with Gasteiger partial charge in [0.05, 0.1) is 6.61 Å². The van der Waals surface area contributed by atoms with E-state index in [1.165, 1.54) is 0 Å². The van der Waals surface area contributed by atoms with Gasteiger partial charge in [-0.1, -0.05) is 12.1 Å². The molecule has 0 radical (unpaired) electrons. The van der Waals surface area contributed by atoms with Gasteiger partial charge in [-0.15, -0.1) is 0 Å². The van der Waals surface area contributed by atoms with Gasteiger partial charge in [0.15, 0.2) is 0 Å². The van der Waals surface area contributed by atoms with Crippen LogP contribution < -0.4 is 4.74 Å². The lowest BCUT2D eigenvalue weighted by Crippen LogP contribution is -2.60. The van der Waals surface area contributed by atoms with Crippen LogP contribution in [0.2, 0.25) is 0 Å². The maximum absolute atomic E-state index is 10.3. The Morgan fingerprint density at radius 3 is 2.35 bits per heavy atom. The third-order valence-electron chi connectivity index (χ3n) is 3.61. The Morgan fingerprint density at radius 1 is 1.13 bits per heavy atom. The predicted octanol–water partition coefficient (Wildman–Crippen LogP) is -1.32. The number of hydrogen-bond donors (Lipinski definition) is 4. The quantitative estimate of drug-likeness (QED) is 0.372. The van der Waals surface area contributed by atoms with E-state index in [2.05, 4.69) is 0 Å². The number of benzene rings is 1. The average Bonchev–Trinajstić information content (AvgIpc) is 2.54. The summed E-state index contributed by atoms with van der Waals surface area (Å²) < 4.78 is 10.6. The highest BCUT2D eigenvalue weighted by molar-refractivity contribution is 5.27. The minimum Gasteiger partial charge on any atom is -0.462 e. The summed E-state index contributed by atoms with van der Waals surface area (Å²) in [6.07, 6.45) is -6.45. The first kappa shape index (κ1) is 17.6. The molecule has 0 amide bonds. The van der Waals surface area contributed by atoms with Crippen LogP contribution in [0.1, 0.15) is 5.56 Å². The summed E-state index contributed by atoms with van der Waals surface area (Å²) in [5.41, 5.74) is 0.753. The van der Waals surface area contributed by atoms with Gasteiger partial charge < -0.3 is 29.9 Å². The third kappa shape index (κ3) is 4.36. The fourth-order valence-corrected chi connectivity index (χ4v) is 2.25. The van der Waals surface area contributed by atoms with Crippen LogP contribution in [0.15, 0.2) is 24.3 Å². The summed E-state index contributed by atoms with van der Waals surface area (Å²) in [5.74, 6) is 0.319. The molecule has 0 unspecified atom stereocenters. The van der Waals surface area contributed by atoms with Gasteiger partial charge in [-0.2, -0.15) is 0 Å². The molecular weight excluding hydrogens is 310 g/mol. The van der Waals surface area contributed by atoms with E-state index < -0.39 is 42.2 Å². The maximum Gasteiger partial charge on any atom is 0.229 e. The van der Waals surface area contributed by atoms with Crippen molar-refractivity contribution in [2.45, 2.75) is 37.1 Å². The number of nitro groups is 1. The first-order valence-electron chi connectivity index (χ1n) is 7.10. The van der Waals surface area contributed by atoms with E-state index in [4.69, 9.17) is 14.6 Å². The van der Waals surface area contributed by atoms with Gasteiger partial charge in [0, 0.05) is 11.3 Å². The van der Waals surface area contributed by atoms with Gasteiger partial charge in [0.1, 0.15) is 30.2 Å². The zero-order chi connectivity index (χ0) is 17.0. The van der Waals surface area contributed by atoms with Gasteiger partial charge in [-0.05, 0) is 17.7 Å². The summed E-state index contributed by atoms with van der Waals surface area (Å²) in [6.45, 7) is -0.711. The first-order valence-corrected chi connectivity index (χ1v) is 7.10. The molecule has 1 aliphatic rings. The Labute approximate surface area is 131 Å². The highest BCUT2D eigenvalue weighted by Crippen LogP contribution is 2.24. The standard InChI is InChI=1S/C14H19NO8/c16-7-10-11(17)12(18)13(19)14(23-10)22-9-3-1-8(2-4-9)5-6-15(20)21/h1-4,10-14,16-19H,5-7H2/t10-,11-,12+,13-,14-/m1/s1. The fraction of sp³-hybridized carbons (Fsp3) is 0.571. The molecule has 5 atom stereocenters. The summed E-state index contributed by atoms with van der Waals surface area (Å²) in [6, 6.07) is 6.39. The lowest BCUT2D eigenvalue weighted by Gasteiger charge is -2.39. The normalized spacial score (nSPS) is 30.9. The molecule has 128 valence electrons. The van der Waals surface area contributed by atoms with E-state index in [0.717, 1.165) is 5.56 Å². The smallest absolute Gasteiger partial charge is 0.229 e. The topological polar surface area (TPSA) is 143 Å². The van der Waals surface area contributed by atoms with Gasteiger partial charge in [-0.3, -0.25) is 10.1 Å². The summed E-state index contributed by atoms with van der Waals surface area (Å²) in [5, 5.41) is 48.6. The molecule has 9 nitrogen and oxygen atoms in total. The summed E-state index contributed by atoms with van der Waals surface area (Å²) in [7, 11) is 0. The Bertz CT molecular complexity index is 520. The molecule has 0 aliphatic carbocycles. The third-order valence-corrected chi connectivity index (χ3v) is 3.61. The van der Waals surface area contributed by atoms with Crippen molar-refractivity contribution in [3.05, 3.63) is 39.9 Å². The monoisotopic (exact) mass is 329 g/mol.